The van der Waals surface area contributed by atoms with Gasteiger partial charge in [-0.15, -0.1) is 11.3 Å². The highest BCUT2D eigenvalue weighted by Gasteiger charge is 2.29. The minimum Gasteiger partial charge on any atom is -0.457 e. The van der Waals surface area contributed by atoms with Gasteiger partial charge < -0.3 is 10.5 Å². The Balaban J connectivity index is 1.48. The molecule has 0 spiro atoms. The SMILES string of the molecule is Nc1c(C(=O)OCc2ccccc2)sc2nc3c(c(-c4ccccc4)c12)CCC3=Cc1ccccc1. The van der Waals surface area contributed by atoms with E-state index in [-0.39, 0.29) is 6.61 Å². The summed E-state index contributed by atoms with van der Waals surface area (Å²) in [6.45, 7) is 0.201. The van der Waals surface area contributed by atoms with E-state index < -0.39 is 5.97 Å². The van der Waals surface area contributed by atoms with Crippen LogP contribution in [0.5, 0.6) is 0 Å². The van der Waals surface area contributed by atoms with Gasteiger partial charge in [-0.25, -0.2) is 9.78 Å². The summed E-state index contributed by atoms with van der Waals surface area (Å²) in [7, 11) is 0. The Morgan fingerprint density at radius 3 is 2.31 bits per heavy atom. The molecule has 1 aliphatic rings. The first-order valence-electron chi connectivity index (χ1n) is 12.0. The van der Waals surface area contributed by atoms with Crippen molar-refractivity contribution in [3.05, 3.63) is 118 Å². The second-order valence-electron chi connectivity index (χ2n) is 8.85. The molecule has 5 heteroatoms. The molecule has 2 N–H and O–H groups in total. The number of benzene rings is 3. The average molecular weight is 489 g/mol. The Morgan fingerprint density at radius 1 is 0.917 bits per heavy atom. The lowest BCUT2D eigenvalue weighted by atomic mass is 9.95. The molecular weight excluding hydrogens is 464 g/mol. The molecule has 2 aromatic heterocycles. The second-order valence-corrected chi connectivity index (χ2v) is 9.85. The molecule has 4 nitrogen and oxygen atoms in total. The molecule has 3 aromatic carbocycles. The summed E-state index contributed by atoms with van der Waals surface area (Å²) >= 11 is 1.31. The Labute approximate surface area is 213 Å². The lowest BCUT2D eigenvalue weighted by Gasteiger charge is -2.12. The highest BCUT2D eigenvalue weighted by Crippen LogP contribution is 2.47. The largest absolute Gasteiger partial charge is 0.457 e. The quantitative estimate of drug-likeness (QED) is 0.262. The normalized spacial score (nSPS) is 13.7. The number of allylic oxidation sites excluding steroid dienone is 1. The highest BCUT2D eigenvalue weighted by atomic mass is 32.1. The number of rotatable bonds is 5. The summed E-state index contributed by atoms with van der Waals surface area (Å²) in [5.74, 6) is -0.418. The standard InChI is InChI=1S/C31H24N2O2S/c32-27-26-25(22-14-8-3-9-15-22)24-17-16-23(18-20-10-4-1-5-11-20)28(24)33-30(26)36-29(27)31(34)35-19-21-12-6-2-7-13-21/h1-15,18H,16-17,19,32H2. The number of fused-ring (bicyclic) bond motifs is 2. The first-order chi connectivity index (χ1) is 17.7. The van der Waals surface area contributed by atoms with Crippen molar-refractivity contribution in [2.75, 3.05) is 5.73 Å². The molecule has 1 aliphatic carbocycles. The van der Waals surface area contributed by atoms with Crippen molar-refractivity contribution in [1.82, 2.24) is 4.98 Å². The van der Waals surface area contributed by atoms with Crippen molar-refractivity contribution in [1.29, 1.82) is 0 Å². The lowest BCUT2D eigenvalue weighted by molar-refractivity contribution is 0.0480. The summed E-state index contributed by atoms with van der Waals surface area (Å²) in [6, 6.07) is 30.2. The summed E-state index contributed by atoms with van der Waals surface area (Å²) in [5.41, 5.74) is 14.7. The fourth-order valence-electron chi connectivity index (χ4n) is 4.83. The van der Waals surface area contributed by atoms with Gasteiger partial charge in [0.05, 0.1) is 11.4 Å². The maximum Gasteiger partial charge on any atom is 0.350 e. The Kier molecular flexibility index (Phi) is 5.84. The van der Waals surface area contributed by atoms with E-state index in [1.54, 1.807) is 0 Å². The van der Waals surface area contributed by atoms with Gasteiger partial charge in [0.1, 0.15) is 16.3 Å². The van der Waals surface area contributed by atoms with E-state index >= 15 is 0 Å². The van der Waals surface area contributed by atoms with Gasteiger partial charge in [0, 0.05) is 5.39 Å². The lowest BCUT2D eigenvalue weighted by Crippen LogP contribution is -2.05. The fraction of sp³-hybridized carbons (Fsp3) is 0.0968. The second kappa shape index (κ2) is 9.44. The fourth-order valence-corrected chi connectivity index (χ4v) is 5.83. The van der Waals surface area contributed by atoms with Gasteiger partial charge in [0.25, 0.3) is 0 Å². The van der Waals surface area contributed by atoms with Crippen molar-refractivity contribution in [3.63, 3.8) is 0 Å². The number of nitrogens with two attached hydrogens (primary N) is 1. The Morgan fingerprint density at radius 2 is 1.58 bits per heavy atom. The zero-order valence-electron chi connectivity index (χ0n) is 19.6. The molecule has 6 rings (SSSR count). The molecule has 36 heavy (non-hydrogen) atoms. The summed E-state index contributed by atoms with van der Waals surface area (Å²) < 4.78 is 5.62. The number of nitrogens with zero attached hydrogens (tertiary/aromatic N) is 1. The molecule has 0 aliphatic heterocycles. The maximum atomic E-state index is 13.1. The van der Waals surface area contributed by atoms with E-state index in [4.69, 9.17) is 15.5 Å². The molecule has 0 atom stereocenters. The number of ether oxygens (including phenoxy) is 1. The number of hydrogen-bond acceptors (Lipinski definition) is 5. The number of aromatic nitrogens is 1. The molecule has 0 unspecified atom stereocenters. The summed E-state index contributed by atoms with van der Waals surface area (Å²) in [4.78, 5) is 19.3. The van der Waals surface area contributed by atoms with E-state index in [1.807, 2.05) is 66.7 Å². The van der Waals surface area contributed by atoms with Crippen LogP contribution in [-0.4, -0.2) is 11.0 Å². The van der Waals surface area contributed by atoms with E-state index in [2.05, 4.69) is 30.3 Å². The van der Waals surface area contributed by atoms with Crippen LogP contribution in [0.2, 0.25) is 0 Å². The molecule has 2 heterocycles. The molecule has 176 valence electrons. The number of carbonyl (C=O) groups is 1. The summed E-state index contributed by atoms with van der Waals surface area (Å²) in [5, 5.41) is 0.845. The van der Waals surface area contributed by atoms with Crippen LogP contribution in [0.3, 0.4) is 0 Å². The smallest absolute Gasteiger partial charge is 0.350 e. The molecule has 0 bridgehead atoms. The zero-order valence-corrected chi connectivity index (χ0v) is 20.4. The van der Waals surface area contributed by atoms with Crippen molar-refractivity contribution in [2.45, 2.75) is 19.4 Å². The Bertz CT molecular complexity index is 1590. The molecule has 0 amide bonds. The molecular formula is C31H24N2O2S. The van der Waals surface area contributed by atoms with Gasteiger partial charge in [-0.2, -0.15) is 0 Å². The minimum atomic E-state index is -0.418. The van der Waals surface area contributed by atoms with Gasteiger partial charge in [-0.1, -0.05) is 91.0 Å². The number of thiophene rings is 1. The predicted octanol–water partition coefficient (Wildman–Crippen LogP) is 7.39. The third kappa shape index (κ3) is 4.08. The predicted molar refractivity (Wildman–Crippen MR) is 148 cm³/mol. The number of pyridine rings is 1. The van der Waals surface area contributed by atoms with Gasteiger partial charge in [0.15, 0.2) is 0 Å². The minimum absolute atomic E-state index is 0.201. The average Bonchev–Trinajstić information content (AvgIpc) is 3.48. The van der Waals surface area contributed by atoms with Gasteiger partial charge in [-0.3, -0.25) is 0 Å². The number of nitrogen functional groups attached to an aromatic ring is 1. The number of anilines is 1. The third-order valence-corrected chi connectivity index (χ3v) is 7.61. The van der Waals surface area contributed by atoms with E-state index in [9.17, 15) is 4.79 Å². The van der Waals surface area contributed by atoms with Crippen LogP contribution in [0.25, 0.3) is 33.0 Å². The Hall–Kier alpha value is -4.22. The van der Waals surface area contributed by atoms with Crippen LogP contribution in [0.1, 0.15) is 38.5 Å². The first kappa shape index (κ1) is 22.3. The van der Waals surface area contributed by atoms with Crippen LogP contribution in [-0.2, 0) is 17.8 Å². The first-order valence-corrected chi connectivity index (χ1v) is 12.8. The molecule has 0 saturated carbocycles. The van der Waals surface area contributed by atoms with Crippen LogP contribution < -0.4 is 5.73 Å². The van der Waals surface area contributed by atoms with Gasteiger partial charge in [0.2, 0.25) is 0 Å². The van der Waals surface area contributed by atoms with E-state index in [1.165, 1.54) is 22.5 Å². The number of carbonyl (C=O) groups excluding carboxylic acids is 1. The monoisotopic (exact) mass is 488 g/mol. The molecule has 0 fully saturated rings. The van der Waals surface area contributed by atoms with Crippen molar-refractivity contribution >= 4 is 44.9 Å². The van der Waals surface area contributed by atoms with Crippen LogP contribution in [0.4, 0.5) is 5.69 Å². The maximum absolute atomic E-state index is 13.1. The van der Waals surface area contributed by atoms with E-state index in [0.717, 1.165) is 51.0 Å². The van der Waals surface area contributed by atoms with Crippen LogP contribution in [0, 0.1) is 0 Å². The van der Waals surface area contributed by atoms with Crippen LogP contribution in [0.15, 0.2) is 91.0 Å². The van der Waals surface area contributed by atoms with Crippen molar-refractivity contribution in [2.24, 2.45) is 0 Å². The van der Waals surface area contributed by atoms with E-state index in [0.29, 0.717) is 10.6 Å². The number of esters is 1. The highest BCUT2D eigenvalue weighted by molar-refractivity contribution is 7.21. The number of hydrogen-bond donors (Lipinski definition) is 1. The third-order valence-electron chi connectivity index (χ3n) is 6.53. The van der Waals surface area contributed by atoms with Crippen molar-refractivity contribution in [3.8, 4) is 11.1 Å². The summed E-state index contributed by atoms with van der Waals surface area (Å²) in [6.07, 6.45) is 4.01. The molecule has 0 saturated heterocycles. The van der Waals surface area contributed by atoms with Gasteiger partial charge in [-0.05, 0) is 52.3 Å². The van der Waals surface area contributed by atoms with Gasteiger partial charge >= 0.3 is 5.97 Å². The van der Waals surface area contributed by atoms with Crippen molar-refractivity contribution < 1.29 is 9.53 Å². The molecule has 0 radical (unpaired) electrons. The van der Waals surface area contributed by atoms with Crippen LogP contribution >= 0.6 is 11.3 Å². The topological polar surface area (TPSA) is 65.2 Å². The molecule has 5 aromatic rings. The zero-order chi connectivity index (χ0) is 24.5.